The van der Waals surface area contributed by atoms with Crippen LogP contribution >= 0.6 is 0 Å². The molecule has 0 radical (unpaired) electrons. The molecule has 2 fully saturated rings. The van der Waals surface area contributed by atoms with Crippen LogP contribution < -0.4 is 10.5 Å². The first kappa shape index (κ1) is 17.2. The Balaban J connectivity index is 1.63. The minimum atomic E-state index is -0.457. The third kappa shape index (κ3) is 3.55. The van der Waals surface area contributed by atoms with Crippen molar-refractivity contribution < 1.29 is 19.4 Å². The Morgan fingerprint density at radius 2 is 2.21 bits per heavy atom. The van der Waals surface area contributed by atoms with Gasteiger partial charge in [-0.05, 0) is 43.9 Å². The summed E-state index contributed by atoms with van der Waals surface area (Å²) >= 11 is 0. The minimum Gasteiger partial charge on any atom is -0.492 e. The second-order valence-corrected chi connectivity index (χ2v) is 6.53. The highest BCUT2D eigenvalue weighted by molar-refractivity contribution is 5.94. The number of ether oxygens (including phenoxy) is 2. The van der Waals surface area contributed by atoms with Gasteiger partial charge in [0.2, 0.25) is 0 Å². The van der Waals surface area contributed by atoms with Crippen molar-refractivity contribution in [2.45, 2.75) is 37.4 Å². The highest BCUT2D eigenvalue weighted by atomic mass is 16.5. The number of nitrogens with two attached hydrogens (primary N) is 1. The van der Waals surface area contributed by atoms with E-state index in [4.69, 9.17) is 15.2 Å². The van der Waals surface area contributed by atoms with E-state index in [1.165, 1.54) is 0 Å². The number of piperidine rings is 1. The van der Waals surface area contributed by atoms with E-state index >= 15 is 0 Å². The number of amides is 1. The first-order valence-corrected chi connectivity index (χ1v) is 8.69. The summed E-state index contributed by atoms with van der Waals surface area (Å²) in [5, 5.41) is 10.3. The summed E-state index contributed by atoms with van der Waals surface area (Å²) in [6.07, 6.45) is 2.64. The van der Waals surface area contributed by atoms with Crippen molar-refractivity contribution in [1.82, 2.24) is 4.90 Å². The molecule has 0 aromatic heterocycles. The zero-order chi connectivity index (χ0) is 17.0. The van der Waals surface area contributed by atoms with Crippen molar-refractivity contribution in [3.05, 3.63) is 29.8 Å². The molecule has 0 aliphatic carbocycles. The lowest BCUT2D eigenvalue weighted by atomic mass is 9.82. The Labute approximate surface area is 142 Å². The summed E-state index contributed by atoms with van der Waals surface area (Å²) in [6, 6.07) is 7.20. The van der Waals surface area contributed by atoms with Crippen molar-refractivity contribution in [2.24, 2.45) is 5.73 Å². The van der Waals surface area contributed by atoms with Crippen molar-refractivity contribution in [2.75, 3.05) is 32.8 Å². The van der Waals surface area contributed by atoms with Gasteiger partial charge in [0, 0.05) is 31.8 Å². The Morgan fingerprint density at radius 3 is 2.92 bits per heavy atom. The van der Waals surface area contributed by atoms with E-state index in [0.29, 0.717) is 57.0 Å². The Morgan fingerprint density at radius 1 is 1.42 bits per heavy atom. The highest BCUT2D eigenvalue weighted by Crippen LogP contribution is 2.35. The summed E-state index contributed by atoms with van der Waals surface area (Å²) in [7, 11) is 0. The lowest BCUT2D eigenvalue weighted by Gasteiger charge is -2.46. The van der Waals surface area contributed by atoms with E-state index in [1.54, 1.807) is 12.1 Å². The number of likely N-dealkylation sites (tertiary alicyclic amines) is 1. The molecule has 1 spiro atoms. The number of hydrogen-bond donors (Lipinski definition) is 2. The Hall–Kier alpha value is -1.63. The van der Waals surface area contributed by atoms with Crippen LogP contribution in [0.3, 0.4) is 0 Å². The number of benzene rings is 1. The molecule has 6 nitrogen and oxygen atoms in total. The molecule has 24 heavy (non-hydrogen) atoms. The van der Waals surface area contributed by atoms with Gasteiger partial charge < -0.3 is 25.2 Å². The number of carbonyl (C=O) groups excluding carboxylic acids is 1. The number of hydrogen-bond acceptors (Lipinski definition) is 5. The lowest BCUT2D eigenvalue weighted by molar-refractivity contribution is -0.174. The summed E-state index contributed by atoms with van der Waals surface area (Å²) in [4.78, 5) is 14.6. The van der Waals surface area contributed by atoms with Crippen LogP contribution in [0.5, 0.6) is 5.75 Å². The molecule has 0 bridgehead atoms. The van der Waals surface area contributed by atoms with Crippen LogP contribution in [0.1, 0.15) is 36.0 Å². The van der Waals surface area contributed by atoms with E-state index in [-0.39, 0.29) is 5.91 Å². The highest BCUT2D eigenvalue weighted by Gasteiger charge is 2.44. The lowest BCUT2D eigenvalue weighted by Crippen LogP contribution is -2.56. The molecule has 3 rings (SSSR count). The van der Waals surface area contributed by atoms with Crippen molar-refractivity contribution in [1.29, 1.82) is 0 Å². The number of carbonyl (C=O) groups is 1. The Bertz CT molecular complexity index is 570. The zero-order valence-corrected chi connectivity index (χ0v) is 13.9. The van der Waals surface area contributed by atoms with Gasteiger partial charge in [0.05, 0.1) is 11.7 Å². The quantitative estimate of drug-likeness (QED) is 0.863. The predicted molar refractivity (Wildman–Crippen MR) is 90.1 cm³/mol. The largest absolute Gasteiger partial charge is 0.492 e. The molecule has 1 aromatic carbocycles. The average Bonchev–Trinajstić information content (AvgIpc) is 2.63. The molecule has 2 heterocycles. The SMILES string of the molecule is NCCOc1cccc(C(=O)N2CCC3(CC2)OCCC[C@@H]3O)c1. The van der Waals surface area contributed by atoms with Crippen LogP contribution in [0.2, 0.25) is 0 Å². The number of aliphatic hydroxyl groups excluding tert-OH is 1. The third-order valence-corrected chi connectivity index (χ3v) is 4.98. The topological polar surface area (TPSA) is 85.0 Å². The molecule has 132 valence electrons. The van der Waals surface area contributed by atoms with Gasteiger partial charge >= 0.3 is 0 Å². The molecule has 6 heteroatoms. The smallest absolute Gasteiger partial charge is 0.253 e. The third-order valence-electron chi connectivity index (χ3n) is 4.98. The monoisotopic (exact) mass is 334 g/mol. The second kappa shape index (κ2) is 7.51. The second-order valence-electron chi connectivity index (χ2n) is 6.53. The van der Waals surface area contributed by atoms with Gasteiger partial charge in [-0.25, -0.2) is 0 Å². The number of rotatable bonds is 4. The van der Waals surface area contributed by atoms with E-state index in [0.717, 1.165) is 12.8 Å². The van der Waals surface area contributed by atoms with Crippen molar-refractivity contribution in [3.63, 3.8) is 0 Å². The van der Waals surface area contributed by atoms with Crippen LogP contribution in [0.25, 0.3) is 0 Å². The zero-order valence-electron chi connectivity index (χ0n) is 13.9. The van der Waals surface area contributed by atoms with Gasteiger partial charge in [0.1, 0.15) is 12.4 Å². The average molecular weight is 334 g/mol. The molecule has 1 amide bonds. The molecule has 1 atom stereocenters. The standard InChI is InChI=1S/C18H26N2O4/c19-8-12-23-15-4-1-3-14(13-15)17(22)20-9-6-18(7-10-20)16(21)5-2-11-24-18/h1,3-4,13,16,21H,2,5-12,19H2/t16-/m0/s1. The van der Waals surface area contributed by atoms with Gasteiger partial charge in [-0.2, -0.15) is 0 Å². The minimum absolute atomic E-state index is 0.00616. The summed E-state index contributed by atoms with van der Waals surface area (Å²) in [5.74, 6) is 0.652. The summed E-state index contributed by atoms with van der Waals surface area (Å²) < 4.78 is 11.4. The summed E-state index contributed by atoms with van der Waals surface area (Å²) in [6.45, 7) is 2.77. The van der Waals surface area contributed by atoms with Crippen LogP contribution in [-0.4, -0.2) is 60.5 Å². The molecule has 0 saturated carbocycles. The maximum absolute atomic E-state index is 12.7. The van der Waals surface area contributed by atoms with Crippen LogP contribution in [0.15, 0.2) is 24.3 Å². The maximum atomic E-state index is 12.7. The fourth-order valence-electron chi connectivity index (χ4n) is 3.56. The predicted octanol–water partition coefficient (Wildman–Crippen LogP) is 1.17. The summed E-state index contributed by atoms with van der Waals surface area (Å²) in [5.41, 5.74) is 5.60. The van der Waals surface area contributed by atoms with Crippen molar-refractivity contribution in [3.8, 4) is 5.75 Å². The first-order valence-electron chi connectivity index (χ1n) is 8.69. The number of nitrogens with zero attached hydrogens (tertiary/aromatic N) is 1. The van der Waals surface area contributed by atoms with Gasteiger partial charge in [0.15, 0.2) is 0 Å². The first-order chi connectivity index (χ1) is 11.6. The van der Waals surface area contributed by atoms with Gasteiger partial charge in [0.25, 0.3) is 5.91 Å². The Kier molecular flexibility index (Phi) is 5.38. The van der Waals surface area contributed by atoms with Crippen LogP contribution in [0, 0.1) is 0 Å². The molecule has 2 saturated heterocycles. The maximum Gasteiger partial charge on any atom is 0.253 e. The fraction of sp³-hybridized carbons (Fsp3) is 0.611. The fourth-order valence-corrected chi connectivity index (χ4v) is 3.56. The van der Waals surface area contributed by atoms with E-state index in [1.807, 2.05) is 17.0 Å². The number of aliphatic hydroxyl groups is 1. The van der Waals surface area contributed by atoms with Gasteiger partial charge in [-0.3, -0.25) is 4.79 Å². The van der Waals surface area contributed by atoms with E-state index in [9.17, 15) is 9.90 Å². The molecule has 3 N–H and O–H groups in total. The van der Waals surface area contributed by atoms with Gasteiger partial charge in [-0.15, -0.1) is 0 Å². The molecular formula is C18H26N2O4. The van der Waals surface area contributed by atoms with E-state index in [2.05, 4.69) is 0 Å². The van der Waals surface area contributed by atoms with Crippen molar-refractivity contribution >= 4 is 5.91 Å². The molecule has 2 aliphatic rings. The van der Waals surface area contributed by atoms with E-state index < -0.39 is 11.7 Å². The molecule has 0 unspecified atom stereocenters. The van der Waals surface area contributed by atoms with Crippen LogP contribution in [0.4, 0.5) is 0 Å². The molecular weight excluding hydrogens is 308 g/mol. The molecule has 2 aliphatic heterocycles. The normalized spacial score (nSPS) is 23.2. The van der Waals surface area contributed by atoms with Gasteiger partial charge in [-0.1, -0.05) is 6.07 Å². The molecule has 1 aromatic rings. The van der Waals surface area contributed by atoms with Crippen LogP contribution in [-0.2, 0) is 4.74 Å².